The number of nitrogens with two attached hydrogens (primary N) is 1. The van der Waals surface area contributed by atoms with Gasteiger partial charge < -0.3 is 10.5 Å². The molecule has 0 spiro atoms. The topological polar surface area (TPSA) is 52.3 Å². The number of rotatable bonds is 2. The van der Waals surface area contributed by atoms with E-state index in [9.17, 15) is 4.79 Å². The first kappa shape index (κ1) is 11.1. The molecule has 0 aromatic carbocycles. The second-order valence-corrected chi connectivity index (χ2v) is 3.64. The Kier molecular flexibility index (Phi) is 4.50. The lowest BCUT2D eigenvalue weighted by Gasteiger charge is -2.14. The van der Waals surface area contributed by atoms with Gasteiger partial charge in [-0.25, -0.2) is 4.79 Å². The first-order chi connectivity index (χ1) is 6.75. The predicted octanol–water partition coefficient (Wildman–Crippen LogP) is 2.12. The van der Waals surface area contributed by atoms with Gasteiger partial charge in [-0.15, -0.1) is 0 Å². The number of carbonyl (C=O) groups excluding carboxylic acids is 1. The quantitative estimate of drug-likeness (QED) is 0.690. The predicted molar refractivity (Wildman–Crippen MR) is 55.5 cm³/mol. The number of allylic oxidation sites excluding steroid dienone is 1. The van der Waals surface area contributed by atoms with Gasteiger partial charge in [0.15, 0.2) is 0 Å². The van der Waals surface area contributed by atoms with Crippen molar-refractivity contribution in [1.82, 2.24) is 0 Å². The molecule has 0 unspecified atom stereocenters. The Morgan fingerprint density at radius 3 is 2.57 bits per heavy atom. The summed E-state index contributed by atoms with van der Waals surface area (Å²) in [4.78, 5) is 11.5. The van der Waals surface area contributed by atoms with Crippen molar-refractivity contribution in [2.45, 2.75) is 45.4 Å². The van der Waals surface area contributed by atoms with Gasteiger partial charge >= 0.3 is 5.97 Å². The monoisotopic (exact) mass is 197 g/mol. The van der Waals surface area contributed by atoms with Crippen molar-refractivity contribution in [1.29, 1.82) is 0 Å². The Bertz CT molecular complexity index is 233. The third-order valence-corrected chi connectivity index (χ3v) is 2.53. The number of esters is 1. The first-order valence-corrected chi connectivity index (χ1v) is 5.40. The van der Waals surface area contributed by atoms with Crippen molar-refractivity contribution >= 4 is 5.97 Å². The Morgan fingerprint density at radius 1 is 1.29 bits per heavy atom. The highest BCUT2D eigenvalue weighted by atomic mass is 16.5. The molecule has 14 heavy (non-hydrogen) atoms. The zero-order chi connectivity index (χ0) is 10.4. The molecule has 0 atom stereocenters. The van der Waals surface area contributed by atoms with Crippen LogP contribution in [0.1, 0.15) is 45.4 Å². The van der Waals surface area contributed by atoms with Gasteiger partial charge in [-0.05, 0) is 32.6 Å². The summed E-state index contributed by atoms with van der Waals surface area (Å²) in [5.41, 5.74) is 7.31. The third kappa shape index (κ3) is 3.05. The molecule has 0 radical (unpaired) electrons. The van der Waals surface area contributed by atoms with Gasteiger partial charge in [0.25, 0.3) is 0 Å². The van der Waals surface area contributed by atoms with Crippen LogP contribution >= 0.6 is 0 Å². The van der Waals surface area contributed by atoms with E-state index >= 15 is 0 Å². The summed E-state index contributed by atoms with van der Waals surface area (Å²) >= 11 is 0. The Balaban J connectivity index is 2.68. The van der Waals surface area contributed by atoms with Crippen molar-refractivity contribution in [2.24, 2.45) is 5.73 Å². The van der Waals surface area contributed by atoms with E-state index in [1.807, 2.05) is 6.92 Å². The van der Waals surface area contributed by atoms with Crippen LogP contribution in [0.3, 0.4) is 0 Å². The Labute approximate surface area is 85.3 Å². The van der Waals surface area contributed by atoms with Crippen LogP contribution in [0.25, 0.3) is 0 Å². The van der Waals surface area contributed by atoms with E-state index < -0.39 is 0 Å². The lowest BCUT2D eigenvalue weighted by atomic mass is 9.98. The van der Waals surface area contributed by atoms with Crippen molar-refractivity contribution in [3.63, 3.8) is 0 Å². The second kappa shape index (κ2) is 5.68. The zero-order valence-corrected chi connectivity index (χ0v) is 8.84. The lowest BCUT2D eigenvalue weighted by Crippen LogP contribution is -2.15. The number of ether oxygens (including phenoxy) is 1. The molecule has 80 valence electrons. The highest BCUT2D eigenvalue weighted by Gasteiger charge is 2.15. The molecule has 0 saturated heterocycles. The van der Waals surface area contributed by atoms with Crippen LogP contribution in [0, 0.1) is 0 Å². The molecule has 0 aromatic heterocycles. The molecule has 0 aliphatic heterocycles. The Morgan fingerprint density at radius 2 is 1.93 bits per heavy atom. The molecule has 1 aliphatic carbocycles. The molecule has 0 aromatic rings. The average Bonchev–Trinajstić information content (AvgIpc) is 2.12. The number of hydrogen-bond donors (Lipinski definition) is 1. The van der Waals surface area contributed by atoms with E-state index in [1.165, 1.54) is 12.8 Å². The fourth-order valence-electron chi connectivity index (χ4n) is 1.73. The van der Waals surface area contributed by atoms with Gasteiger partial charge in [-0.1, -0.05) is 12.8 Å². The summed E-state index contributed by atoms with van der Waals surface area (Å²) in [6, 6.07) is 0. The van der Waals surface area contributed by atoms with Crippen molar-refractivity contribution < 1.29 is 9.53 Å². The van der Waals surface area contributed by atoms with Gasteiger partial charge in [0.1, 0.15) is 0 Å². The first-order valence-electron chi connectivity index (χ1n) is 5.40. The summed E-state index contributed by atoms with van der Waals surface area (Å²) in [6.45, 7) is 2.24. The van der Waals surface area contributed by atoms with Crippen molar-refractivity contribution in [3.05, 3.63) is 11.3 Å². The minimum absolute atomic E-state index is 0.216. The van der Waals surface area contributed by atoms with Crippen molar-refractivity contribution in [2.75, 3.05) is 6.61 Å². The van der Waals surface area contributed by atoms with Crippen LogP contribution in [0.2, 0.25) is 0 Å². The minimum Gasteiger partial charge on any atom is -0.463 e. The van der Waals surface area contributed by atoms with Gasteiger partial charge in [0.05, 0.1) is 12.2 Å². The van der Waals surface area contributed by atoms with E-state index in [-0.39, 0.29) is 5.97 Å². The van der Waals surface area contributed by atoms with Crippen LogP contribution in [0.5, 0.6) is 0 Å². The molecule has 0 heterocycles. The molecular formula is C11H19NO2. The van der Waals surface area contributed by atoms with Crippen LogP contribution in [-0.4, -0.2) is 12.6 Å². The van der Waals surface area contributed by atoms with E-state index in [1.54, 1.807) is 0 Å². The minimum atomic E-state index is -0.216. The SMILES string of the molecule is CCOC(=O)C1=C(N)CCCCCC1. The number of carbonyl (C=O) groups is 1. The summed E-state index contributed by atoms with van der Waals surface area (Å²) in [5, 5.41) is 0. The molecular weight excluding hydrogens is 178 g/mol. The van der Waals surface area contributed by atoms with Crippen LogP contribution in [-0.2, 0) is 9.53 Å². The zero-order valence-electron chi connectivity index (χ0n) is 8.84. The van der Waals surface area contributed by atoms with Crippen molar-refractivity contribution in [3.8, 4) is 0 Å². The molecule has 3 nitrogen and oxygen atoms in total. The maximum Gasteiger partial charge on any atom is 0.335 e. The summed E-state index contributed by atoms with van der Waals surface area (Å²) in [7, 11) is 0. The fourth-order valence-corrected chi connectivity index (χ4v) is 1.73. The molecule has 3 heteroatoms. The molecule has 1 aliphatic rings. The molecule has 2 N–H and O–H groups in total. The number of hydrogen-bond acceptors (Lipinski definition) is 3. The molecule has 0 saturated carbocycles. The van der Waals surface area contributed by atoms with Crippen LogP contribution in [0.15, 0.2) is 11.3 Å². The van der Waals surface area contributed by atoms with E-state index in [0.717, 1.165) is 31.4 Å². The molecule has 0 bridgehead atoms. The second-order valence-electron chi connectivity index (χ2n) is 3.64. The van der Waals surface area contributed by atoms with Crippen LogP contribution < -0.4 is 5.73 Å². The molecule has 0 fully saturated rings. The smallest absolute Gasteiger partial charge is 0.335 e. The average molecular weight is 197 g/mol. The van der Waals surface area contributed by atoms with Gasteiger partial charge in [0.2, 0.25) is 0 Å². The lowest BCUT2D eigenvalue weighted by molar-refractivity contribution is -0.138. The van der Waals surface area contributed by atoms with E-state index in [4.69, 9.17) is 10.5 Å². The normalized spacial score (nSPS) is 18.6. The van der Waals surface area contributed by atoms with Gasteiger partial charge in [0, 0.05) is 5.70 Å². The maximum absolute atomic E-state index is 11.5. The standard InChI is InChI=1S/C11H19NO2/c1-2-14-11(13)9-7-5-3-4-6-8-10(9)12/h2-8,12H2,1H3. The Hall–Kier alpha value is -0.990. The van der Waals surface area contributed by atoms with Gasteiger partial charge in [-0.2, -0.15) is 0 Å². The molecule has 1 rings (SSSR count). The maximum atomic E-state index is 11.5. The summed E-state index contributed by atoms with van der Waals surface area (Å²) in [5.74, 6) is -0.216. The van der Waals surface area contributed by atoms with Crippen LogP contribution in [0.4, 0.5) is 0 Å². The highest BCUT2D eigenvalue weighted by Crippen LogP contribution is 2.21. The molecule has 0 amide bonds. The highest BCUT2D eigenvalue weighted by molar-refractivity contribution is 5.89. The largest absolute Gasteiger partial charge is 0.463 e. The van der Waals surface area contributed by atoms with E-state index in [0.29, 0.717) is 12.2 Å². The van der Waals surface area contributed by atoms with Gasteiger partial charge in [-0.3, -0.25) is 0 Å². The van der Waals surface area contributed by atoms with E-state index in [2.05, 4.69) is 0 Å². The third-order valence-electron chi connectivity index (χ3n) is 2.53. The fraction of sp³-hybridized carbons (Fsp3) is 0.727. The summed E-state index contributed by atoms with van der Waals surface area (Å²) < 4.78 is 4.97. The summed E-state index contributed by atoms with van der Waals surface area (Å²) in [6.07, 6.45) is 6.18.